The van der Waals surface area contributed by atoms with E-state index in [0.717, 1.165) is 12.0 Å². The number of benzene rings is 1. The van der Waals surface area contributed by atoms with E-state index in [0.29, 0.717) is 41.7 Å². The van der Waals surface area contributed by atoms with Crippen molar-refractivity contribution in [2.75, 3.05) is 13.2 Å². The minimum absolute atomic E-state index is 0.231. The van der Waals surface area contributed by atoms with Crippen LogP contribution in [-0.2, 0) is 6.54 Å². The van der Waals surface area contributed by atoms with Gasteiger partial charge >= 0.3 is 0 Å². The van der Waals surface area contributed by atoms with E-state index in [1.54, 1.807) is 47.4 Å². The Kier molecular flexibility index (Phi) is 5.47. The molecular weight excluding hydrogens is 342 g/mol. The summed E-state index contributed by atoms with van der Waals surface area (Å²) >= 11 is 6.17. The van der Waals surface area contributed by atoms with Crippen LogP contribution >= 0.6 is 11.6 Å². The van der Waals surface area contributed by atoms with Crippen LogP contribution in [0.4, 0.5) is 0 Å². The zero-order valence-corrected chi connectivity index (χ0v) is 14.2. The van der Waals surface area contributed by atoms with Crippen LogP contribution < -0.4 is 15.8 Å². The number of carbonyl (C=O) groups is 1. The Hall–Kier alpha value is -2.64. The lowest BCUT2D eigenvalue weighted by Gasteiger charge is -2.09. The maximum atomic E-state index is 12.3. The molecule has 0 radical (unpaired) electrons. The second-order valence-electron chi connectivity index (χ2n) is 5.38. The highest BCUT2D eigenvalue weighted by molar-refractivity contribution is 6.32. The van der Waals surface area contributed by atoms with E-state index in [1.807, 2.05) is 0 Å². The number of nitrogens with zero attached hydrogens (tertiary/aromatic N) is 3. The molecule has 0 aliphatic rings. The predicted molar refractivity (Wildman–Crippen MR) is 94.8 cm³/mol. The molecule has 0 atom stereocenters. The van der Waals surface area contributed by atoms with Gasteiger partial charge in [-0.25, -0.2) is 9.50 Å². The SMILES string of the molecule is NCCCOc1ccc(C(=O)NCc2cnn3cccnc23)cc1Cl. The molecule has 25 heavy (non-hydrogen) atoms. The monoisotopic (exact) mass is 359 g/mol. The number of hydrogen-bond donors (Lipinski definition) is 2. The van der Waals surface area contributed by atoms with Crippen LogP contribution in [0, 0.1) is 0 Å². The molecule has 3 N–H and O–H groups in total. The molecule has 130 valence electrons. The van der Waals surface area contributed by atoms with Crippen LogP contribution in [0.3, 0.4) is 0 Å². The van der Waals surface area contributed by atoms with Gasteiger partial charge in [0.05, 0.1) is 17.8 Å². The summed E-state index contributed by atoms with van der Waals surface area (Å²) in [5.41, 5.74) is 7.43. The molecule has 0 aliphatic carbocycles. The van der Waals surface area contributed by atoms with Crippen LogP contribution in [0.15, 0.2) is 42.9 Å². The van der Waals surface area contributed by atoms with E-state index < -0.39 is 0 Å². The molecule has 3 aromatic rings. The minimum atomic E-state index is -0.231. The van der Waals surface area contributed by atoms with Gasteiger partial charge in [0, 0.05) is 30.1 Å². The van der Waals surface area contributed by atoms with Crippen LogP contribution in [0.1, 0.15) is 22.3 Å². The quantitative estimate of drug-likeness (QED) is 0.629. The summed E-state index contributed by atoms with van der Waals surface area (Å²) in [5.74, 6) is 0.309. The van der Waals surface area contributed by atoms with Gasteiger partial charge in [-0.15, -0.1) is 0 Å². The van der Waals surface area contributed by atoms with Gasteiger partial charge < -0.3 is 15.8 Å². The number of nitrogens with one attached hydrogen (secondary N) is 1. The second kappa shape index (κ2) is 7.96. The molecule has 0 saturated carbocycles. The average molecular weight is 360 g/mol. The normalized spacial score (nSPS) is 10.8. The van der Waals surface area contributed by atoms with Gasteiger partial charge in [-0.3, -0.25) is 4.79 Å². The number of hydrogen-bond acceptors (Lipinski definition) is 5. The number of nitrogens with two attached hydrogens (primary N) is 1. The first-order chi connectivity index (χ1) is 12.2. The van der Waals surface area contributed by atoms with E-state index >= 15 is 0 Å². The molecule has 0 spiro atoms. The van der Waals surface area contributed by atoms with Crippen molar-refractivity contribution in [2.24, 2.45) is 5.73 Å². The molecule has 0 fully saturated rings. The van der Waals surface area contributed by atoms with Gasteiger partial charge in [-0.2, -0.15) is 5.10 Å². The van der Waals surface area contributed by atoms with Crippen molar-refractivity contribution < 1.29 is 9.53 Å². The van der Waals surface area contributed by atoms with Gasteiger partial charge in [0.25, 0.3) is 5.91 Å². The molecule has 8 heteroatoms. The number of rotatable bonds is 7. The van der Waals surface area contributed by atoms with Crippen molar-refractivity contribution >= 4 is 23.2 Å². The minimum Gasteiger partial charge on any atom is -0.492 e. The molecule has 1 amide bonds. The molecule has 3 rings (SSSR count). The molecule has 0 saturated heterocycles. The number of aromatic nitrogens is 3. The van der Waals surface area contributed by atoms with Crippen LogP contribution in [0.25, 0.3) is 5.65 Å². The maximum Gasteiger partial charge on any atom is 0.251 e. The molecule has 2 heterocycles. The van der Waals surface area contributed by atoms with E-state index in [-0.39, 0.29) is 5.91 Å². The van der Waals surface area contributed by atoms with Crippen LogP contribution in [0.5, 0.6) is 5.75 Å². The molecule has 1 aromatic carbocycles. The lowest BCUT2D eigenvalue weighted by atomic mass is 10.2. The lowest BCUT2D eigenvalue weighted by Crippen LogP contribution is -2.22. The van der Waals surface area contributed by atoms with Crippen LogP contribution in [-0.4, -0.2) is 33.7 Å². The van der Waals surface area contributed by atoms with Gasteiger partial charge in [0.15, 0.2) is 5.65 Å². The summed E-state index contributed by atoms with van der Waals surface area (Å²) in [6, 6.07) is 6.74. The number of amides is 1. The van der Waals surface area contributed by atoms with E-state index in [2.05, 4.69) is 15.4 Å². The average Bonchev–Trinajstić information content (AvgIpc) is 3.04. The number of carbonyl (C=O) groups excluding carboxylic acids is 1. The lowest BCUT2D eigenvalue weighted by molar-refractivity contribution is 0.0951. The molecular formula is C17H18ClN5O2. The molecule has 7 nitrogen and oxygen atoms in total. The third-order valence-corrected chi connectivity index (χ3v) is 3.89. The first-order valence-electron chi connectivity index (χ1n) is 7.87. The van der Waals surface area contributed by atoms with Gasteiger partial charge in [-0.05, 0) is 37.2 Å². The number of ether oxygens (including phenoxy) is 1. The summed E-state index contributed by atoms with van der Waals surface area (Å²) in [6.07, 6.45) is 5.92. The fraction of sp³-hybridized carbons (Fsp3) is 0.235. The summed E-state index contributed by atoms with van der Waals surface area (Å²) in [5, 5.41) is 7.42. The van der Waals surface area contributed by atoms with E-state index in [9.17, 15) is 4.79 Å². The Morgan fingerprint density at radius 1 is 1.40 bits per heavy atom. The smallest absolute Gasteiger partial charge is 0.251 e. The maximum absolute atomic E-state index is 12.3. The molecule has 0 bridgehead atoms. The Labute approximate surface area is 149 Å². The van der Waals surface area contributed by atoms with Crippen molar-refractivity contribution in [1.29, 1.82) is 0 Å². The molecule has 2 aromatic heterocycles. The van der Waals surface area contributed by atoms with Crippen molar-refractivity contribution in [2.45, 2.75) is 13.0 Å². The van der Waals surface area contributed by atoms with E-state index in [4.69, 9.17) is 22.1 Å². The summed E-state index contributed by atoms with van der Waals surface area (Å²) in [7, 11) is 0. The zero-order valence-electron chi connectivity index (χ0n) is 13.5. The Morgan fingerprint density at radius 3 is 3.08 bits per heavy atom. The van der Waals surface area contributed by atoms with Crippen molar-refractivity contribution in [3.8, 4) is 5.75 Å². The highest BCUT2D eigenvalue weighted by Crippen LogP contribution is 2.25. The van der Waals surface area contributed by atoms with Crippen molar-refractivity contribution in [1.82, 2.24) is 19.9 Å². The van der Waals surface area contributed by atoms with Crippen LogP contribution in [0.2, 0.25) is 5.02 Å². The van der Waals surface area contributed by atoms with Crippen molar-refractivity contribution in [3.63, 3.8) is 0 Å². The summed E-state index contributed by atoms with van der Waals surface area (Å²) in [4.78, 5) is 16.6. The predicted octanol–water partition coefficient (Wildman–Crippen LogP) is 2.04. The highest BCUT2D eigenvalue weighted by atomic mass is 35.5. The molecule has 0 unspecified atom stereocenters. The van der Waals surface area contributed by atoms with Gasteiger partial charge in [0.2, 0.25) is 0 Å². The largest absolute Gasteiger partial charge is 0.492 e. The fourth-order valence-corrected chi connectivity index (χ4v) is 2.54. The second-order valence-corrected chi connectivity index (χ2v) is 5.78. The Morgan fingerprint density at radius 2 is 2.28 bits per heavy atom. The summed E-state index contributed by atoms with van der Waals surface area (Å²) in [6.45, 7) is 1.37. The fourth-order valence-electron chi connectivity index (χ4n) is 2.30. The van der Waals surface area contributed by atoms with Gasteiger partial charge in [0.1, 0.15) is 5.75 Å². The topological polar surface area (TPSA) is 94.5 Å². The first kappa shape index (κ1) is 17.2. The van der Waals surface area contributed by atoms with Crippen molar-refractivity contribution in [3.05, 3.63) is 59.0 Å². The zero-order chi connectivity index (χ0) is 17.6. The standard InChI is InChI=1S/C17H18ClN5O2/c18-14-9-12(3-4-15(14)25-8-1-5-19)17(24)21-10-13-11-22-23-7-2-6-20-16(13)23/h2-4,6-7,9,11H,1,5,8,10,19H2,(H,21,24). The van der Waals surface area contributed by atoms with E-state index in [1.165, 1.54) is 0 Å². The Balaban J connectivity index is 1.64. The number of halogens is 1. The van der Waals surface area contributed by atoms with Gasteiger partial charge in [-0.1, -0.05) is 11.6 Å². The number of fused-ring (bicyclic) bond motifs is 1. The third kappa shape index (κ3) is 4.07. The summed E-state index contributed by atoms with van der Waals surface area (Å²) < 4.78 is 7.17. The molecule has 0 aliphatic heterocycles. The first-order valence-corrected chi connectivity index (χ1v) is 8.24. The highest BCUT2D eigenvalue weighted by Gasteiger charge is 2.11. The third-order valence-electron chi connectivity index (χ3n) is 3.59. The Bertz CT molecular complexity index is 880.